The minimum Gasteiger partial charge on any atom is -0.376 e. The molecular weight excluding hydrogens is 242 g/mol. The van der Waals surface area contributed by atoms with Crippen molar-refractivity contribution >= 4 is 23.0 Å². The van der Waals surface area contributed by atoms with E-state index in [1.165, 1.54) is 0 Å². The highest BCUT2D eigenvalue weighted by molar-refractivity contribution is 7.80. The van der Waals surface area contributed by atoms with Crippen LogP contribution in [0.4, 0.5) is 5.69 Å². The molecule has 3 N–H and O–H groups in total. The molecule has 18 heavy (non-hydrogen) atoms. The number of hydrogen-bond donors (Lipinski definition) is 2. The summed E-state index contributed by atoms with van der Waals surface area (Å²) in [5, 5.41) is 12.0. The van der Waals surface area contributed by atoms with Gasteiger partial charge in [0.15, 0.2) is 5.11 Å². The van der Waals surface area contributed by atoms with Gasteiger partial charge < -0.3 is 11.1 Å². The Bertz CT molecular complexity index is 629. The number of nitrogens with two attached hydrogens (primary N) is 1. The first-order valence-corrected chi connectivity index (χ1v) is 5.77. The van der Waals surface area contributed by atoms with Crippen molar-refractivity contribution in [3.05, 3.63) is 54.1 Å². The highest BCUT2D eigenvalue weighted by Crippen LogP contribution is 2.23. The summed E-state index contributed by atoms with van der Waals surface area (Å²) in [5.74, 6) is 0. The smallest absolute Gasteiger partial charge is 0.168 e. The van der Waals surface area contributed by atoms with Gasteiger partial charge in [-0.1, -0.05) is 24.3 Å². The SMILES string of the molecule is N#Cc1cccc(-c2cccc(NC(N)=S)c2)c1. The quantitative estimate of drug-likeness (QED) is 0.808. The van der Waals surface area contributed by atoms with Crippen LogP contribution in [0.3, 0.4) is 0 Å². The molecule has 0 spiro atoms. The van der Waals surface area contributed by atoms with Crippen LogP contribution in [0.5, 0.6) is 0 Å². The van der Waals surface area contributed by atoms with Gasteiger partial charge in [0.25, 0.3) is 0 Å². The fourth-order valence-electron chi connectivity index (χ4n) is 1.69. The van der Waals surface area contributed by atoms with E-state index in [1.807, 2.05) is 42.5 Å². The molecule has 0 heterocycles. The maximum absolute atomic E-state index is 8.89. The molecule has 0 aromatic heterocycles. The monoisotopic (exact) mass is 253 g/mol. The van der Waals surface area contributed by atoms with Gasteiger partial charge in [-0.2, -0.15) is 5.26 Å². The average molecular weight is 253 g/mol. The number of anilines is 1. The zero-order chi connectivity index (χ0) is 13.0. The predicted octanol–water partition coefficient (Wildman–Crippen LogP) is 2.88. The van der Waals surface area contributed by atoms with E-state index < -0.39 is 0 Å². The molecule has 2 aromatic carbocycles. The summed E-state index contributed by atoms with van der Waals surface area (Å²) in [6, 6.07) is 17.3. The van der Waals surface area contributed by atoms with Crippen LogP contribution in [0, 0.1) is 11.3 Å². The summed E-state index contributed by atoms with van der Waals surface area (Å²) < 4.78 is 0. The Morgan fingerprint density at radius 3 is 2.44 bits per heavy atom. The fourth-order valence-corrected chi connectivity index (χ4v) is 1.80. The van der Waals surface area contributed by atoms with Crippen molar-refractivity contribution in [3.63, 3.8) is 0 Å². The van der Waals surface area contributed by atoms with Crippen LogP contribution in [-0.2, 0) is 0 Å². The minimum atomic E-state index is 0.234. The van der Waals surface area contributed by atoms with E-state index in [4.69, 9.17) is 23.2 Å². The second-order valence-electron chi connectivity index (χ2n) is 3.76. The Hall–Kier alpha value is -2.38. The van der Waals surface area contributed by atoms with Gasteiger partial charge in [0.1, 0.15) is 0 Å². The van der Waals surface area contributed by atoms with Crippen molar-refractivity contribution in [2.75, 3.05) is 5.32 Å². The molecule has 0 amide bonds. The van der Waals surface area contributed by atoms with Gasteiger partial charge in [0, 0.05) is 5.69 Å². The summed E-state index contributed by atoms with van der Waals surface area (Å²) in [6.07, 6.45) is 0. The second-order valence-corrected chi connectivity index (χ2v) is 4.20. The lowest BCUT2D eigenvalue weighted by Crippen LogP contribution is -2.18. The molecule has 2 rings (SSSR count). The van der Waals surface area contributed by atoms with Crippen LogP contribution in [0.2, 0.25) is 0 Å². The summed E-state index contributed by atoms with van der Waals surface area (Å²) in [7, 11) is 0. The second kappa shape index (κ2) is 5.30. The lowest BCUT2D eigenvalue weighted by Gasteiger charge is -2.07. The number of thiocarbonyl (C=S) groups is 1. The van der Waals surface area contributed by atoms with Gasteiger partial charge in [0.2, 0.25) is 0 Å². The standard InChI is InChI=1S/C14H11N3S/c15-9-10-3-1-4-11(7-10)12-5-2-6-13(8-12)17-14(16)18/h1-8H,(H3,16,17,18). The number of rotatable bonds is 2. The van der Waals surface area contributed by atoms with Gasteiger partial charge in [-0.15, -0.1) is 0 Å². The van der Waals surface area contributed by atoms with Crippen molar-refractivity contribution in [2.45, 2.75) is 0 Å². The topological polar surface area (TPSA) is 61.8 Å². The average Bonchev–Trinajstić information content (AvgIpc) is 2.38. The van der Waals surface area contributed by atoms with E-state index in [0.717, 1.165) is 16.8 Å². The Morgan fingerprint density at radius 1 is 1.11 bits per heavy atom. The summed E-state index contributed by atoms with van der Waals surface area (Å²) in [5.41, 5.74) is 8.91. The Labute approximate surface area is 111 Å². The highest BCUT2D eigenvalue weighted by atomic mass is 32.1. The van der Waals surface area contributed by atoms with E-state index in [0.29, 0.717) is 5.56 Å². The third kappa shape index (κ3) is 2.84. The molecule has 0 fully saturated rings. The molecule has 88 valence electrons. The Morgan fingerprint density at radius 2 is 1.78 bits per heavy atom. The van der Waals surface area contributed by atoms with Crippen molar-refractivity contribution in [3.8, 4) is 17.2 Å². The number of nitrogens with zero attached hydrogens (tertiary/aromatic N) is 1. The number of nitriles is 1. The first-order valence-electron chi connectivity index (χ1n) is 5.36. The van der Waals surface area contributed by atoms with E-state index in [2.05, 4.69) is 11.4 Å². The molecule has 2 aromatic rings. The first-order chi connectivity index (χ1) is 8.69. The fraction of sp³-hybridized carbons (Fsp3) is 0. The van der Waals surface area contributed by atoms with E-state index in [9.17, 15) is 0 Å². The number of nitrogens with one attached hydrogen (secondary N) is 1. The lowest BCUT2D eigenvalue weighted by molar-refractivity contribution is 1.48. The van der Waals surface area contributed by atoms with Crippen LogP contribution >= 0.6 is 12.2 Å². The molecule has 3 nitrogen and oxygen atoms in total. The Balaban J connectivity index is 2.38. The molecule has 0 aliphatic heterocycles. The maximum atomic E-state index is 8.89. The molecule has 0 unspecified atom stereocenters. The van der Waals surface area contributed by atoms with Gasteiger partial charge in [-0.05, 0) is 47.6 Å². The molecule has 0 saturated carbocycles. The van der Waals surface area contributed by atoms with Crippen LogP contribution in [-0.4, -0.2) is 5.11 Å². The molecule has 0 aliphatic carbocycles. The summed E-state index contributed by atoms with van der Waals surface area (Å²) in [4.78, 5) is 0. The van der Waals surface area contributed by atoms with Gasteiger partial charge in [-0.25, -0.2) is 0 Å². The number of hydrogen-bond acceptors (Lipinski definition) is 2. The van der Waals surface area contributed by atoms with Gasteiger partial charge in [0.05, 0.1) is 11.6 Å². The number of benzene rings is 2. The molecule has 4 heteroatoms. The van der Waals surface area contributed by atoms with Crippen LogP contribution in [0.15, 0.2) is 48.5 Å². The Kier molecular flexibility index (Phi) is 3.56. The molecular formula is C14H11N3S. The van der Waals surface area contributed by atoms with Crippen LogP contribution < -0.4 is 11.1 Å². The van der Waals surface area contributed by atoms with E-state index in [-0.39, 0.29) is 5.11 Å². The van der Waals surface area contributed by atoms with Crippen molar-refractivity contribution in [2.24, 2.45) is 5.73 Å². The normalized spacial score (nSPS) is 9.50. The van der Waals surface area contributed by atoms with Crippen molar-refractivity contribution in [1.82, 2.24) is 0 Å². The predicted molar refractivity (Wildman–Crippen MR) is 77.0 cm³/mol. The van der Waals surface area contributed by atoms with Crippen molar-refractivity contribution < 1.29 is 0 Å². The van der Waals surface area contributed by atoms with Crippen LogP contribution in [0.25, 0.3) is 11.1 Å². The van der Waals surface area contributed by atoms with E-state index >= 15 is 0 Å². The zero-order valence-electron chi connectivity index (χ0n) is 9.55. The largest absolute Gasteiger partial charge is 0.376 e. The van der Waals surface area contributed by atoms with Gasteiger partial charge >= 0.3 is 0 Å². The third-order valence-electron chi connectivity index (χ3n) is 2.46. The van der Waals surface area contributed by atoms with E-state index in [1.54, 1.807) is 6.07 Å². The highest BCUT2D eigenvalue weighted by Gasteiger charge is 2.01. The molecule has 0 radical (unpaired) electrons. The molecule has 0 aliphatic rings. The molecule has 0 atom stereocenters. The van der Waals surface area contributed by atoms with Crippen LogP contribution in [0.1, 0.15) is 5.56 Å². The van der Waals surface area contributed by atoms with Gasteiger partial charge in [-0.3, -0.25) is 0 Å². The maximum Gasteiger partial charge on any atom is 0.168 e. The minimum absolute atomic E-state index is 0.234. The summed E-state index contributed by atoms with van der Waals surface area (Å²) in [6.45, 7) is 0. The first kappa shape index (κ1) is 12.1. The lowest BCUT2D eigenvalue weighted by atomic mass is 10.0. The molecule has 0 saturated heterocycles. The summed E-state index contributed by atoms with van der Waals surface area (Å²) >= 11 is 4.80. The molecule has 0 bridgehead atoms. The third-order valence-corrected chi connectivity index (χ3v) is 2.56. The van der Waals surface area contributed by atoms with Crippen molar-refractivity contribution in [1.29, 1.82) is 5.26 Å². The zero-order valence-corrected chi connectivity index (χ0v) is 10.4.